The van der Waals surface area contributed by atoms with Gasteiger partial charge in [-0.1, -0.05) is 11.6 Å². The molecule has 0 amide bonds. The fraction of sp³-hybridized carbons (Fsp3) is 0.375. The van der Waals surface area contributed by atoms with E-state index in [1.165, 1.54) is 0 Å². The van der Waals surface area contributed by atoms with E-state index in [4.69, 9.17) is 0 Å². The van der Waals surface area contributed by atoms with E-state index in [0.717, 1.165) is 17.6 Å². The van der Waals surface area contributed by atoms with Crippen LogP contribution in [0.4, 0.5) is 0 Å². The van der Waals surface area contributed by atoms with Crippen LogP contribution >= 0.6 is 0 Å². The first-order valence-electron chi connectivity index (χ1n) is 3.08. The number of carbonyl (C=O) groups excluding carboxylic acids is 1. The third-order valence-electron chi connectivity index (χ3n) is 1.50. The first-order chi connectivity index (χ1) is 4.20. The average Bonchev–Trinajstić information content (AvgIpc) is 1.80. The summed E-state index contributed by atoms with van der Waals surface area (Å²) < 4.78 is 0. The molecule has 9 heavy (non-hydrogen) atoms. The van der Waals surface area contributed by atoms with Crippen LogP contribution < -0.4 is 0 Å². The van der Waals surface area contributed by atoms with Gasteiger partial charge in [-0.25, -0.2) is 0 Å². The Balaban J connectivity index is 2.82. The minimum atomic E-state index is 0.166. The van der Waals surface area contributed by atoms with Crippen LogP contribution in [0.15, 0.2) is 23.3 Å². The van der Waals surface area contributed by atoms with E-state index in [0.29, 0.717) is 0 Å². The molecule has 0 aromatic heterocycles. The molecule has 1 aliphatic carbocycles. The second-order valence-corrected chi connectivity index (χ2v) is 2.45. The highest BCUT2D eigenvalue weighted by atomic mass is 16.1. The predicted molar refractivity (Wildman–Crippen MR) is 37.1 cm³/mol. The van der Waals surface area contributed by atoms with Crippen molar-refractivity contribution in [3.05, 3.63) is 23.3 Å². The van der Waals surface area contributed by atoms with Crippen LogP contribution in [0.5, 0.6) is 0 Å². The molecule has 0 aliphatic heterocycles. The standard InChI is InChI=1S/C8H10O/c1-6-3-4-7(2)8(9)5-6/h4-5H,3H2,1-2H3. The minimum Gasteiger partial charge on any atom is -0.290 e. The second-order valence-electron chi connectivity index (χ2n) is 2.45. The van der Waals surface area contributed by atoms with E-state index in [1.54, 1.807) is 6.08 Å². The van der Waals surface area contributed by atoms with Gasteiger partial charge >= 0.3 is 0 Å². The zero-order chi connectivity index (χ0) is 6.85. The van der Waals surface area contributed by atoms with Gasteiger partial charge in [-0.3, -0.25) is 4.79 Å². The van der Waals surface area contributed by atoms with Crippen LogP contribution in [0.2, 0.25) is 0 Å². The lowest BCUT2D eigenvalue weighted by molar-refractivity contribution is -0.111. The van der Waals surface area contributed by atoms with E-state index < -0.39 is 0 Å². The van der Waals surface area contributed by atoms with Crippen molar-refractivity contribution in [3.63, 3.8) is 0 Å². The number of hydrogen-bond donors (Lipinski definition) is 0. The van der Waals surface area contributed by atoms with Crippen LogP contribution in [0, 0.1) is 0 Å². The maximum Gasteiger partial charge on any atom is 0.181 e. The highest BCUT2D eigenvalue weighted by Gasteiger charge is 2.05. The molecule has 1 aliphatic rings. The van der Waals surface area contributed by atoms with Crippen molar-refractivity contribution < 1.29 is 4.79 Å². The van der Waals surface area contributed by atoms with E-state index in [1.807, 2.05) is 19.9 Å². The number of ketones is 1. The molecule has 0 atom stereocenters. The first kappa shape index (κ1) is 6.27. The third-order valence-corrected chi connectivity index (χ3v) is 1.50. The summed E-state index contributed by atoms with van der Waals surface area (Å²) in [7, 11) is 0. The molecule has 0 saturated carbocycles. The molecule has 0 fully saturated rings. The summed E-state index contributed by atoms with van der Waals surface area (Å²) in [5.41, 5.74) is 2.03. The lowest BCUT2D eigenvalue weighted by Crippen LogP contribution is -2.00. The summed E-state index contributed by atoms with van der Waals surface area (Å²) in [6.07, 6.45) is 4.62. The van der Waals surface area contributed by atoms with Gasteiger partial charge in [-0.15, -0.1) is 0 Å². The fourth-order valence-corrected chi connectivity index (χ4v) is 0.811. The molecule has 0 aromatic carbocycles. The van der Waals surface area contributed by atoms with Crippen molar-refractivity contribution in [2.75, 3.05) is 0 Å². The number of hydrogen-bond acceptors (Lipinski definition) is 1. The van der Waals surface area contributed by atoms with Gasteiger partial charge in [0.25, 0.3) is 0 Å². The van der Waals surface area contributed by atoms with Crippen molar-refractivity contribution in [3.8, 4) is 0 Å². The summed E-state index contributed by atoms with van der Waals surface area (Å²) in [6, 6.07) is 0. The zero-order valence-electron chi connectivity index (χ0n) is 5.77. The molecule has 0 aromatic rings. The van der Waals surface area contributed by atoms with Crippen LogP contribution in [-0.2, 0) is 4.79 Å². The molecular formula is C8H10O. The zero-order valence-corrected chi connectivity index (χ0v) is 5.77. The first-order valence-corrected chi connectivity index (χ1v) is 3.08. The Morgan fingerprint density at radius 3 is 2.56 bits per heavy atom. The highest BCUT2D eigenvalue weighted by Crippen LogP contribution is 2.12. The van der Waals surface area contributed by atoms with Crippen molar-refractivity contribution >= 4 is 5.78 Å². The molecule has 0 heterocycles. The maximum atomic E-state index is 10.9. The molecule has 48 valence electrons. The van der Waals surface area contributed by atoms with Crippen LogP contribution in [0.3, 0.4) is 0 Å². The molecule has 0 bridgehead atoms. The van der Waals surface area contributed by atoms with Gasteiger partial charge in [0.1, 0.15) is 0 Å². The Bertz CT molecular complexity index is 197. The Morgan fingerprint density at radius 2 is 2.11 bits per heavy atom. The van der Waals surface area contributed by atoms with Crippen molar-refractivity contribution in [1.29, 1.82) is 0 Å². The van der Waals surface area contributed by atoms with Crippen molar-refractivity contribution in [1.82, 2.24) is 0 Å². The van der Waals surface area contributed by atoms with Crippen LogP contribution in [0.1, 0.15) is 20.3 Å². The molecular weight excluding hydrogens is 112 g/mol. The topological polar surface area (TPSA) is 17.1 Å². The summed E-state index contributed by atoms with van der Waals surface area (Å²) in [5, 5.41) is 0. The minimum absolute atomic E-state index is 0.166. The quantitative estimate of drug-likeness (QED) is 0.479. The highest BCUT2D eigenvalue weighted by molar-refractivity contribution is 6.04. The predicted octanol–water partition coefficient (Wildman–Crippen LogP) is 1.85. The van der Waals surface area contributed by atoms with Crippen molar-refractivity contribution in [2.45, 2.75) is 20.3 Å². The molecule has 0 N–H and O–H groups in total. The Morgan fingerprint density at radius 1 is 1.44 bits per heavy atom. The van der Waals surface area contributed by atoms with E-state index in [2.05, 4.69) is 0 Å². The lowest BCUT2D eigenvalue weighted by atomic mass is 10.0. The van der Waals surface area contributed by atoms with E-state index in [-0.39, 0.29) is 5.78 Å². The summed E-state index contributed by atoms with van der Waals surface area (Å²) >= 11 is 0. The smallest absolute Gasteiger partial charge is 0.181 e. The van der Waals surface area contributed by atoms with Crippen LogP contribution in [0.25, 0.3) is 0 Å². The molecule has 0 unspecified atom stereocenters. The maximum absolute atomic E-state index is 10.9. The van der Waals surface area contributed by atoms with Gasteiger partial charge in [0, 0.05) is 0 Å². The molecule has 0 saturated heterocycles. The Hall–Kier alpha value is -0.850. The van der Waals surface area contributed by atoms with E-state index in [9.17, 15) is 4.79 Å². The van der Waals surface area contributed by atoms with Gasteiger partial charge < -0.3 is 0 Å². The van der Waals surface area contributed by atoms with Gasteiger partial charge in [0.05, 0.1) is 0 Å². The summed E-state index contributed by atoms with van der Waals surface area (Å²) in [4.78, 5) is 10.9. The average molecular weight is 122 g/mol. The summed E-state index contributed by atoms with van der Waals surface area (Å²) in [5.74, 6) is 0.166. The lowest BCUT2D eigenvalue weighted by Gasteiger charge is -2.03. The summed E-state index contributed by atoms with van der Waals surface area (Å²) in [6.45, 7) is 3.83. The van der Waals surface area contributed by atoms with Gasteiger partial charge in [0.15, 0.2) is 5.78 Å². The largest absolute Gasteiger partial charge is 0.290 e. The monoisotopic (exact) mass is 122 g/mol. The Labute approximate surface area is 55.1 Å². The molecule has 1 rings (SSSR count). The Kier molecular flexibility index (Phi) is 1.52. The van der Waals surface area contributed by atoms with Gasteiger partial charge in [-0.2, -0.15) is 0 Å². The molecule has 0 spiro atoms. The van der Waals surface area contributed by atoms with Crippen LogP contribution in [-0.4, -0.2) is 5.78 Å². The van der Waals surface area contributed by atoms with Gasteiger partial charge in [-0.05, 0) is 31.9 Å². The van der Waals surface area contributed by atoms with E-state index >= 15 is 0 Å². The normalized spacial score (nSPS) is 19.1. The second kappa shape index (κ2) is 2.18. The molecule has 1 nitrogen and oxygen atoms in total. The van der Waals surface area contributed by atoms with Gasteiger partial charge in [0.2, 0.25) is 0 Å². The number of carbonyl (C=O) groups is 1. The molecule has 1 heteroatoms. The third kappa shape index (κ3) is 1.28. The SMILES string of the molecule is CC1=CC(=O)C(C)=CC1. The van der Waals surface area contributed by atoms with Crippen molar-refractivity contribution in [2.24, 2.45) is 0 Å². The molecule has 0 radical (unpaired) electrons. The fourth-order valence-electron chi connectivity index (χ4n) is 0.811. The number of allylic oxidation sites excluding steroid dienone is 4. The number of rotatable bonds is 0.